The minimum atomic E-state index is -0.595. The van der Waals surface area contributed by atoms with Gasteiger partial charge in [-0.1, -0.05) is 78.9 Å². The van der Waals surface area contributed by atoms with Crippen LogP contribution >= 0.6 is 0 Å². The summed E-state index contributed by atoms with van der Waals surface area (Å²) in [6.07, 6.45) is 0.249. The van der Waals surface area contributed by atoms with Gasteiger partial charge in [0.25, 0.3) is 0 Å². The van der Waals surface area contributed by atoms with Gasteiger partial charge in [0.15, 0.2) is 0 Å². The highest BCUT2D eigenvalue weighted by atomic mass is 19.1. The summed E-state index contributed by atoms with van der Waals surface area (Å²) in [7, 11) is 1.37. The van der Waals surface area contributed by atoms with Crippen LogP contribution in [0.25, 0.3) is 0 Å². The first-order chi connectivity index (χ1) is 13.7. The molecule has 0 aromatic heterocycles. The standard InChI is InChI=1S/C24H24FNO2/c1-28-24(27)23(16-21-14-8-9-15-22(21)25)26(17-19-10-4-2-5-11-19)18-20-12-6-3-7-13-20/h2-15,23H,16-18H2,1H3/t23-/m1/s1. The van der Waals surface area contributed by atoms with Crippen LogP contribution < -0.4 is 0 Å². The average Bonchev–Trinajstić information content (AvgIpc) is 2.74. The summed E-state index contributed by atoms with van der Waals surface area (Å²) in [6, 6.07) is 25.9. The minimum absolute atomic E-state index is 0.249. The van der Waals surface area contributed by atoms with Gasteiger partial charge in [0.05, 0.1) is 7.11 Å². The highest BCUT2D eigenvalue weighted by Gasteiger charge is 2.28. The lowest BCUT2D eigenvalue weighted by molar-refractivity contribution is -0.147. The largest absolute Gasteiger partial charge is 0.468 e. The van der Waals surface area contributed by atoms with Gasteiger partial charge in [0, 0.05) is 19.5 Å². The molecule has 0 aliphatic heterocycles. The third-order valence-corrected chi connectivity index (χ3v) is 4.74. The molecule has 0 aliphatic rings. The highest BCUT2D eigenvalue weighted by molar-refractivity contribution is 5.76. The first-order valence-corrected chi connectivity index (χ1v) is 9.30. The van der Waals surface area contributed by atoms with Crippen LogP contribution in [0.4, 0.5) is 4.39 Å². The van der Waals surface area contributed by atoms with Gasteiger partial charge in [0.2, 0.25) is 0 Å². The fourth-order valence-electron chi connectivity index (χ4n) is 3.28. The maximum absolute atomic E-state index is 14.3. The van der Waals surface area contributed by atoms with Crippen LogP contribution in [0.5, 0.6) is 0 Å². The van der Waals surface area contributed by atoms with E-state index in [1.165, 1.54) is 13.2 Å². The number of carbonyl (C=O) groups excluding carboxylic acids is 1. The van der Waals surface area contributed by atoms with Gasteiger partial charge < -0.3 is 4.74 Å². The number of halogens is 1. The van der Waals surface area contributed by atoms with E-state index in [1.807, 2.05) is 65.6 Å². The van der Waals surface area contributed by atoms with Crippen molar-refractivity contribution < 1.29 is 13.9 Å². The Hall–Kier alpha value is -2.98. The number of hydrogen-bond donors (Lipinski definition) is 0. The molecule has 4 heteroatoms. The maximum Gasteiger partial charge on any atom is 0.323 e. The van der Waals surface area contributed by atoms with Crippen molar-refractivity contribution in [1.82, 2.24) is 4.90 Å². The topological polar surface area (TPSA) is 29.5 Å². The third-order valence-electron chi connectivity index (χ3n) is 4.74. The fourth-order valence-corrected chi connectivity index (χ4v) is 3.28. The van der Waals surface area contributed by atoms with E-state index in [0.717, 1.165) is 11.1 Å². The van der Waals surface area contributed by atoms with Crippen LogP contribution in [0, 0.1) is 5.82 Å². The second-order valence-electron chi connectivity index (χ2n) is 6.71. The molecule has 0 bridgehead atoms. The van der Waals surface area contributed by atoms with E-state index in [-0.39, 0.29) is 18.2 Å². The molecule has 144 valence electrons. The van der Waals surface area contributed by atoms with Gasteiger partial charge in [-0.25, -0.2) is 4.39 Å². The van der Waals surface area contributed by atoms with Crippen LogP contribution in [0.3, 0.4) is 0 Å². The summed E-state index contributed by atoms with van der Waals surface area (Å²) < 4.78 is 19.3. The van der Waals surface area contributed by atoms with Crippen molar-refractivity contribution in [2.75, 3.05) is 7.11 Å². The number of esters is 1. The van der Waals surface area contributed by atoms with E-state index in [2.05, 4.69) is 0 Å². The quantitative estimate of drug-likeness (QED) is 0.537. The number of benzene rings is 3. The molecule has 0 saturated carbocycles. The zero-order valence-corrected chi connectivity index (χ0v) is 15.9. The van der Waals surface area contributed by atoms with Crippen LogP contribution in [0.15, 0.2) is 84.9 Å². The Morgan fingerprint density at radius 1 is 0.857 bits per heavy atom. The SMILES string of the molecule is COC(=O)[C@@H](Cc1ccccc1F)N(Cc1ccccc1)Cc1ccccc1. The average molecular weight is 377 g/mol. The molecule has 3 aromatic rings. The highest BCUT2D eigenvalue weighted by Crippen LogP contribution is 2.19. The molecule has 0 fully saturated rings. The lowest BCUT2D eigenvalue weighted by Gasteiger charge is -2.30. The van der Waals surface area contributed by atoms with Gasteiger partial charge in [-0.3, -0.25) is 9.69 Å². The number of rotatable bonds is 8. The smallest absolute Gasteiger partial charge is 0.323 e. The van der Waals surface area contributed by atoms with Crippen molar-refractivity contribution in [3.63, 3.8) is 0 Å². The molecule has 0 spiro atoms. The summed E-state index contributed by atoms with van der Waals surface area (Å²) in [5, 5.41) is 0. The Bertz CT molecular complexity index is 842. The third kappa shape index (κ3) is 5.27. The second-order valence-corrected chi connectivity index (χ2v) is 6.71. The molecule has 3 nitrogen and oxygen atoms in total. The molecule has 0 unspecified atom stereocenters. The van der Waals surface area contributed by atoms with Crippen molar-refractivity contribution in [2.24, 2.45) is 0 Å². The van der Waals surface area contributed by atoms with E-state index in [0.29, 0.717) is 18.7 Å². The Morgan fingerprint density at radius 2 is 1.36 bits per heavy atom. The molecule has 28 heavy (non-hydrogen) atoms. The summed E-state index contributed by atoms with van der Waals surface area (Å²) in [5.74, 6) is -0.675. The summed E-state index contributed by atoms with van der Waals surface area (Å²) in [5.41, 5.74) is 2.67. The number of hydrogen-bond acceptors (Lipinski definition) is 3. The molecule has 0 amide bonds. The minimum Gasteiger partial charge on any atom is -0.468 e. The summed E-state index contributed by atoms with van der Waals surface area (Å²) in [6.45, 7) is 1.12. The molecule has 3 rings (SSSR count). The van der Waals surface area contributed by atoms with Gasteiger partial charge in [0.1, 0.15) is 11.9 Å². The van der Waals surface area contributed by atoms with E-state index in [9.17, 15) is 9.18 Å². The number of carbonyl (C=O) groups is 1. The summed E-state index contributed by atoms with van der Waals surface area (Å²) in [4.78, 5) is 14.7. The van der Waals surface area contributed by atoms with Crippen molar-refractivity contribution in [1.29, 1.82) is 0 Å². The van der Waals surface area contributed by atoms with E-state index in [4.69, 9.17) is 4.74 Å². The first kappa shape index (κ1) is 19.8. The molecule has 0 aliphatic carbocycles. The second kappa shape index (κ2) is 9.81. The predicted octanol–water partition coefficient (Wildman–Crippen LogP) is 4.61. The van der Waals surface area contributed by atoms with Crippen molar-refractivity contribution in [3.8, 4) is 0 Å². The van der Waals surface area contributed by atoms with Crippen LogP contribution in [-0.4, -0.2) is 24.0 Å². The number of methoxy groups -OCH3 is 1. The summed E-state index contributed by atoms with van der Waals surface area (Å²) >= 11 is 0. The molecule has 3 aromatic carbocycles. The zero-order valence-electron chi connectivity index (χ0n) is 15.9. The Labute approximate surface area is 165 Å². The van der Waals surface area contributed by atoms with Crippen molar-refractivity contribution in [3.05, 3.63) is 107 Å². The lowest BCUT2D eigenvalue weighted by atomic mass is 10.0. The number of ether oxygens (including phenoxy) is 1. The van der Waals surface area contributed by atoms with E-state index < -0.39 is 6.04 Å². The lowest BCUT2D eigenvalue weighted by Crippen LogP contribution is -2.42. The normalized spacial score (nSPS) is 12.0. The molecule has 0 radical (unpaired) electrons. The van der Waals surface area contributed by atoms with Crippen molar-refractivity contribution in [2.45, 2.75) is 25.6 Å². The fraction of sp³-hybridized carbons (Fsp3) is 0.208. The molecular formula is C24H24FNO2. The molecule has 0 N–H and O–H groups in total. The van der Waals surface area contributed by atoms with Gasteiger partial charge >= 0.3 is 5.97 Å². The number of nitrogens with zero attached hydrogens (tertiary/aromatic N) is 1. The van der Waals surface area contributed by atoms with Crippen LogP contribution in [-0.2, 0) is 29.0 Å². The van der Waals surface area contributed by atoms with Crippen molar-refractivity contribution >= 4 is 5.97 Å². The molecule has 0 saturated heterocycles. The van der Waals surface area contributed by atoms with Crippen LogP contribution in [0.2, 0.25) is 0 Å². The molecular weight excluding hydrogens is 353 g/mol. The van der Waals surface area contributed by atoms with E-state index >= 15 is 0 Å². The Kier molecular flexibility index (Phi) is 6.93. The van der Waals surface area contributed by atoms with Crippen LogP contribution in [0.1, 0.15) is 16.7 Å². The Morgan fingerprint density at radius 3 is 1.86 bits per heavy atom. The monoisotopic (exact) mass is 377 g/mol. The predicted molar refractivity (Wildman–Crippen MR) is 108 cm³/mol. The van der Waals surface area contributed by atoms with E-state index in [1.54, 1.807) is 18.2 Å². The Balaban J connectivity index is 1.92. The molecule has 1 atom stereocenters. The molecule has 0 heterocycles. The first-order valence-electron chi connectivity index (χ1n) is 9.30. The van der Waals surface area contributed by atoms with Gasteiger partial charge in [-0.05, 0) is 22.8 Å². The van der Waals surface area contributed by atoms with Gasteiger partial charge in [-0.2, -0.15) is 0 Å². The van der Waals surface area contributed by atoms with Gasteiger partial charge in [-0.15, -0.1) is 0 Å². The zero-order chi connectivity index (χ0) is 19.8. The maximum atomic E-state index is 14.3.